The molecule has 0 spiro atoms. The van der Waals surface area contributed by atoms with Crippen LogP contribution in [0.2, 0.25) is 0 Å². The lowest BCUT2D eigenvalue weighted by molar-refractivity contribution is 0.415. The van der Waals surface area contributed by atoms with Crippen molar-refractivity contribution in [1.82, 2.24) is 5.32 Å². The van der Waals surface area contributed by atoms with Crippen molar-refractivity contribution in [3.05, 3.63) is 59.9 Å². The van der Waals surface area contributed by atoms with Gasteiger partial charge in [-0.25, -0.2) is 4.39 Å². The molecule has 25 heavy (non-hydrogen) atoms. The van der Waals surface area contributed by atoms with Gasteiger partial charge in [-0.2, -0.15) is 0 Å². The maximum absolute atomic E-state index is 13.3. The molecule has 0 atom stereocenters. The lowest BCUT2D eigenvalue weighted by Crippen LogP contribution is -2.40. The van der Waals surface area contributed by atoms with Crippen LogP contribution in [0, 0.1) is 5.82 Å². The highest BCUT2D eigenvalue weighted by molar-refractivity contribution is 7.80. The average Bonchev–Trinajstić information content (AvgIpc) is 3.11. The third kappa shape index (κ3) is 4.28. The van der Waals surface area contributed by atoms with E-state index in [1.807, 2.05) is 36.4 Å². The third-order valence-electron chi connectivity index (χ3n) is 4.93. The fraction of sp³-hybridized carbons (Fsp3) is 0.350. The van der Waals surface area contributed by atoms with Crippen LogP contribution >= 0.6 is 12.2 Å². The lowest BCUT2D eigenvalue weighted by Gasteiger charge is -2.30. The molecule has 5 heteroatoms. The summed E-state index contributed by atoms with van der Waals surface area (Å²) in [5.41, 5.74) is 2.09. The summed E-state index contributed by atoms with van der Waals surface area (Å²) in [5, 5.41) is 7.13. The summed E-state index contributed by atoms with van der Waals surface area (Å²) in [6.07, 6.45) is 4.56. The number of ether oxygens (including phenoxy) is 1. The molecule has 0 aliphatic heterocycles. The van der Waals surface area contributed by atoms with Gasteiger partial charge in [0.25, 0.3) is 0 Å². The zero-order valence-electron chi connectivity index (χ0n) is 14.3. The first-order chi connectivity index (χ1) is 12.1. The molecular weight excluding hydrogens is 335 g/mol. The van der Waals surface area contributed by atoms with Gasteiger partial charge in [-0.3, -0.25) is 0 Å². The Kier molecular flexibility index (Phi) is 5.53. The Balaban J connectivity index is 1.65. The Hall–Kier alpha value is -2.14. The van der Waals surface area contributed by atoms with E-state index in [-0.39, 0.29) is 11.2 Å². The van der Waals surface area contributed by atoms with E-state index >= 15 is 0 Å². The molecule has 1 saturated carbocycles. The van der Waals surface area contributed by atoms with Crippen LogP contribution in [-0.2, 0) is 5.41 Å². The van der Waals surface area contributed by atoms with Crippen LogP contribution in [0.25, 0.3) is 0 Å². The Morgan fingerprint density at radius 2 is 1.88 bits per heavy atom. The Labute approximate surface area is 153 Å². The van der Waals surface area contributed by atoms with Crippen LogP contribution in [0.4, 0.5) is 10.1 Å². The minimum Gasteiger partial charge on any atom is -0.497 e. The van der Waals surface area contributed by atoms with Crippen molar-refractivity contribution in [2.45, 2.75) is 31.1 Å². The minimum atomic E-state index is -0.194. The summed E-state index contributed by atoms with van der Waals surface area (Å²) < 4.78 is 18.5. The van der Waals surface area contributed by atoms with E-state index in [0.29, 0.717) is 5.11 Å². The predicted molar refractivity (Wildman–Crippen MR) is 104 cm³/mol. The Bertz CT molecular complexity index is 727. The fourth-order valence-electron chi connectivity index (χ4n) is 3.55. The van der Waals surface area contributed by atoms with Crippen LogP contribution in [-0.4, -0.2) is 18.8 Å². The van der Waals surface area contributed by atoms with Gasteiger partial charge in [-0.15, -0.1) is 0 Å². The van der Waals surface area contributed by atoms with Crippen LogP contribution in [0.1, 0.15) is 31.2 Å². The molecule has 3 nitrogen and oxygen atoms in total. The van der Waals surface area contributed by atoms with Gasteiger partial charge in [0, 0.05) is 23.7 Å². The molecule has 2 aromatic carbocycles. The molecule has 1 aliphatic rings. The van der Waals surface area contributed by atoms with E-state index in [4.69, 9.17) is 17.0 Å². The maximum Gasteiger partial charge on any atom is 0.170 e. The van der Waals surface area contributed by atoms with Gasteiger partial charge in [-0.1, -0.05) is 31.0 Å². The van der Waals surface area contributed by atoms with E-state index in [2.05, 4.69) is 10.6 Å². The van der Waals surface area contributed by atoms with Gasteiger partial charge >= 0.3 is 0 Å². The first-order valence-corrected chi connectivity index (χ1v) is 8.97. The van der Waals surface area contributed by atoms with Crippen LogP contribution in [0.5, 0.6) is 5.75 Å². The normalized spacial score (nSPS) is 15.6. The summed E-state index contributed by atoms with van der Waals surface area (Å²) >= 11 is 5.45. The predicted octanol–water partition coefficient (Wildman–Crippen LogP) is 4.63. The monoisotopic (exact) mass is 358 g/mol. The largest absolute Gasteiger partial charge is 0.497 e. The molecule has 132 valence electrons. The van der Waals surface area contributed by atoms with E-state index < -0.39 is 0 Å². The molecule has 3 rings (SSSR count). The molecule has 0 radical (unpaired) electrons. The second-order valence-electron chi connectivity index (χ2n) is 6.53. The average molecular weight is 358 g/mol. The van der Waals surface area contributed by atoms with E-state index in [1.54, 1.807) is 19.2 Å². The number of nitrogens with one attached hydrogen (secondary N) is 2. The summed E-state index contributed by atoms with van der Waals surface area (Å²) in [6.45, 7) is 0.744. The van der Waals surface area contributed by atoms with Gasteiger partial charge in [0.1, 0.15) is 11.6 Å². The lowest BCUT2D eigenvalue weighted by atomic mass is 9.79. The van der Waals surface area contributed by atoms with Crippen molar-refractivity contribution in [2.24, 2.45) is 0 Å². The molecule has 0 unspecified atom stereocenters. The highest BCUT2D eigenvalue weighted by Crippen LogP contribution is 2.40. The number of rotatable bonds is 5. The van der Waals surface area contributed by atoms with E-state index in [1.165, 1.54) is 18.4 Å². The summed E-state index contributed by atoms with van der Waals surface area (Å²) in [4.78, 5) is 0. The zero-order chi connectivity index (χ0) is 17.7. The van der Waals surface area contributed by atoms with Crippen molar-refractivity contribution < 1.29 is 9.13 Å². The minimum absolute atomic E-state index is 0.0216. The van der Waals surface area contributed by atoms with Crippen LogP contribution in [0.15, 0.2) is 48.5 Å². The highest BCUT2D eigenvalue weighted by atomic mass is 32.1. The molecular formula is C20H23FN2OS. The number of benzene rings is 2. The fourth-order valence-corrected chi connectivity index (χ4v) is 3.74. The quantitative estimate of drug-likeness (QED) is 0.764. The second-order valence-corrected chi connectivity index (χ2v) is 6.94. The van der Waals surface area contributed by atoms with Crippen molar-refractivity contribution in [1.29, 1.82) is 0 Å². The van der Waals surface area contributed by atoms with Crippen molar-refractivity contribution in [3.63, 3.8) is 0 Å². The molecule has 0 bridgehead atoms. The molecule has 2 aromatic rings. The smallest absolute Gasteiger partial charge is 0.170 e. The van der Waals surface area contributed by atoms with Gasteiger partial charge in [0.15, 0.2) is 5.11 Å². The molecule has 0 amide bonds. The molecule has 2 N–H and O–H groups in total. The molecule has 0 aromatic heterocycles. The number of halogens is 1. The van der Waals surface area contributed by atoms with Crippen molar-refractivity contribution in [3.8, 4) is 5.75 Å². The first kappa shape index (κ1) is 17.7. The van der Waals surface area contributed by atoms with Crippen molar-refractivity contribution in [2.75, 3.05) is 19.0 Å². The van der Waals surface area contributed by atoms with Gasteiger partial charge in [-0.05, 0) is 54.9 Å². The van der Waals surface area contributed by atoms with Gasteiger partial charge < -0.3 is 15.4 Å². The Morgan fingerprint density at radius 1 is 1.16 bits per heavy atom. The third-order valence-corrected chi connectivity index (χ3v) is 5.18. The number of methoxy groups -OCH3 is 1. The summed E-state index contributed by atoms with van der Waals surface area (Å²) in [5.74, 6) is 0.589. The SMILES string of the molecule is COc1cccc(NC(=S)NCC2(c3ccc(F)cc3)CCCC2)c1. The van der Waals surface area contributed by atoms with E-state index in [9.17, 15) is 4.39 Å². The van der Waals surface area contributed by atoms with Crippen LogP contribution < -0.4 is 15.4 Å². The maximum atomic E-state index is 13.3. The number of hydrogen-bond donors (Lipinski definition) is 2. The molecule has 0 saturated heterocycles. The number of anilines is 1. The van der Waals surface area contributed by atoms with Crippen LogP contribution in [0.3, 0.4) is 0 Å². The number of thiocarbonyl (C=S) groups is 1. The first-order valence-electron chi connectivity index (χ1n) is 8.56. The summed E-state index contributed by atoms with van der Waals surface area (Å²) in [7, 11) is 1.64. The standard InChI is InChI=1S/C20H23FN2OS/c1-24-18-6-4-5-17(13-18)23-19(25)22-14-20(11-2-3-12-20)15-7-9-16(21)10-8-15/h4-10,13H,2-3,11-12,14H2,1H3,(H2,22,23,25). The topological polar surface area (TPSA) is 33.3 Å². The zero-order valence-corrected chi connectivity index (χ0v) is 15.2. The van der Waals surface area contributed by atoms with Gasteiger partial charge in [0.05, 0.1) is 7.11 Å². The Morgan fingerprint density at radius 3 is 2.56 bits per heavy atom. The summed E-state index contributed by atoms with van der Waals surface area (Å²) in [6, 6.07) is 14.6. The van der Waals surface area contributed by atoms with E-state index in [0.717, 1.165) is 30.8 Å². The second kappa shape index (κ2) is 7.83. The molecule has 1 fully saturated rings. The molecule has 1 aliphatic carbocycles. The highest BCUT2D eigenvalue weighted by Gasteiger charge is 2.35. The molecule has 0 heterocycles. The number of hydrogen-bond acceptors (Lipinski definition) is 2. The van der Waals surface area contributed by atoms with Crippen molar-refractivity contribution >= 4 is 23.0 Å². The van der Waals surface area contributed by atoms with Gasteiger partial charge in [0.2, 0.25) is 0 Å².